The molecular formula is C12H13Cl2N3S. The Kier molecular flexibility index (Phi) is 4.59. The van der Waals surface area contributed by atoms with Gasteiger partial charge in [-0.25, -0.2) is 4.98 Å². The average molecular weight is 302 g/mol. The zero-order valence-corrected chi connectivity index (χ0v) is 12.1. The van der Waals surface area contributed by atoms with Crippen LogP contribution in [0.5, 0.6) is 0 Å². The van der Waals surface area contributed by atoms with Gasteiger partial charge in [-0.2, -0.15) is 0 Å². The summed E-state index contributed by atoms with van der Waals surface area (Å²) in [6.45, 7) is 1.97. The first-order valence-electron chi connectivity index (χ1n) is 5.42. The van der Waals surface area contributed by atoms with E-state index in [1.165, 1.54) is 0 Å². The van der Waals surface area contributed by atoms with Crippen LogP contribution in [0, 0.1) is 6.92 Å². The van der Waals surface area contributed by atoms with E-state index in [-0.39, 0.29) is 6.04 Å². The van der Waals surface area contributed by atoms with E-state index in [1.807, 2.05) is 24.4 Å². The molecule has 0 aliphatic rings. The Morgan fingerprint density at radius 3 is 2.78 bits per heavy atom. The van der Waals surface area contributed by atoms with E-state index in [0.29, 0.717) is 16.5 Å². The molecule has 1 aromatic heterocycles. The Hall–Kier alpha value is -0.650. The average Bonchev–Trinajstić information content (AvgIpc) is 2.75. The standard InChI is InChI=1S/C12H13Cl2N3S/c1-7-16-12(6-18-7)11(17-15)4-8-2-3-9(13)5-10(8)14/h2-3,5-6,11,17H,4,15H2,1H3. The lowest BCUT2D eigenvalue weighted by Gasteiger charge is -2.14. The molecular weight excluding hydrogens is 289 g/mol. The number of nitrogens with two attached hydrogens (primary N) is 1. The highest BCUT2D eigenvalue weighted by Gasteiger charge is 2.15. The summed E-state index contributed by atoms with van der Waals surface area (Å²) < 4.78 is 0. The molecule has 1 aromatic carbocycles. The lowest BCUT2D eigenvalue weighted by Crippen LogP contribution is -2.29. The van der Waals surface area contributed by atoms with E-state index in [2.05, 4.69) is 10.4 Å². The van der Waals surface area contributed by atoms with Gasteiger partial charge in [0.1, 0.15) is 0 Å². The van der Waals surface area contributed by atoms with Crippen molar-refractivity contribution in [3.63, 3.8) is 0 Å². The topological polar surface area (TPSA) is 50.9 Å². The van der Waals surface area contributed by atoms with Crippen molar-refractivity contribution in [3.8, 4) is 0 Å². The molecule has 1 atom stereocenters. The van der Waals surface area contributed by atoms with Crippen molar-refractivity contribution in [2.45, 2.75) is 19.4 Å². The molecule has 1 heterocycles. The summed E-state index contributed by atoms with van der Waals surface area (Å²) in [7, 11) is 0. The van der Waals surface area contributed by atoms with Crippen molar-refractivity contribution in [2.24, 2.45) is 5.84 Å². The zero-order chi connectivity index (χ0) is 13.1. The van der Waals surface area contributed by atoms with E-state index >= 15 is 0 Å². The van der Waals surface area contributed by atoms with Crippen molar-refractivity contribution in [3.05, 3.63) is 49.9 Å². The number of aromatic nitrogens is 1. The second-order valence-corrected chi connectivity index (χ2v) is 5.86. The van der Waals surface area contributed by atoms with Gasteiger partial charge in [0.15, 0.2) is 0 Å². The smallest absolute Gasteiger partial charge is 0.0898 e. The van der Waals surface area contributed by atoms with Crippen LogP contribution < -0.4 is 11.3 Å². The van der Waals surface area contributed by atoms with E-state index in [9.17, 15) is 0 Å². The molecule has 96 valence electrons. The van der Waals surface area contributed by atoms with Crippen LogP contribution in [0.25, 0.3) is 0 Å². The Morgan fingerprint density at radius 2 is 2.22 bits per heavy atom. The molecule has 18 heavy (non-hydrogen) atoms. The van der Waals surface area contributed by atoms with Gasteiger partial charge < -0.3 is 0 Å². The second kappa shape index (κ2) is 5.99. The highest BCUT2D eigenvalue weighted by molar-refractivity contribution is 7.09. The van der Waals surface area contributed by atoms with Crippen molar-refractivity contribution in [1.29, 1.82) is 0 Å². The summed E-state index contributed by atoms with van der Waals surface area (Å²) in [5.74, 6) is 5.59. The first-order valence-corrected chi connectivity index (χ1v) is 7.06. The number of halogens is 2. The van der Waals surface area contributed by atoms with E-state index in [0.717, 1.165) is 16.3 Å². The molecule has 2 aromatic rings. The first-order chi connectivity index (χ1) is 8.60. The normalized spacial score (nSPS) is 12.7. The molecule has 1 unspecified atom stereocenters. The molecule has 0 aliphatic heterocycles. The van der Waals surface area contributed by atoms with Gasteiger partial charge in [-0.1, -0.05) is 29.3 Å². The summed E-state index contributed by atoms with van der Waals surface area (Å²) in [6.07, 6.45) is 0.676. The summed E-state index contributed by atoms with van der Waals surface area (Å²) in [5.41, 5.74) is 4.71. The molecule has 0 radical (unpaired) electrons. The van der Waals surface area contributed by atoms with Crippen LogP contribution in [0.1, 0.15) is 22.3 Å². The largest absolute Gasteiger partial charge is 0.271 e. The maximum atomic E-state index is 6.15. The third-order valence-corrected chi connectivity index (χ3v) is 4.01. The summed E-state index contributed by atoms with van der Waals surface area (Å²) in [6, 6.07) is 5.42. The number of nitrogens with zero attached hydrogens (tertiary/aromatic N) is 1. The molecule has 0 bridgehead atoms. The second-order valence-electron chi connectivity index (χ2n) is 3.95. The summed E-state index contributed by atoms with van der Waals surface area (Å²) in [5, 5.41) is 4.30. The zero-order valence-electron chi connectivity index (χ0n) is 9.78. The number of hydrazine groups is 1. The molecule has 2 rings (SSSR count). The number of hydrogen-bond donors (Lipinski definition) is 2. The van der Waals surface area contributed by atoms with Gasteiger partial charge in [-0.05, 0) is 31.0 Å². The number of hydrogen-bond acceptors (Lipinski definition) is 4. The highest BCUT2D eigenvalue weighted by Crippen LogP contribution is 2.26. The molecule has 6 heteroatoms. The number of rotatable bonds is 4. The quantitative estimate of drug-likeness (QED) is 0.671. The predicted octanol–water partition coefficient (Wildman–Crippen LogP) is 3.51. The lowest BCUT2D eigenvalue weighted by atomic mass is 10.0. The van der Waals surface area contributed by atoms with Crippen LogP contribution in [0.2, 0.25) is 10.0 Å². The molecule has 3 N–H and O–H groups in total. The van der Waals surface area contributed by atoms with Gasteiger partial charge in [-0.3, -0.25) is 11.3 Å². The predicted molar refractivity (Wildman–Crippen MR) is 77.1 cm³/mol. The van der Waals surface area contributed by atoms with Crippen molar-refractivity contribution >= 4 is 34.5 Å². The van der Waals surface area contributed by atoms with Crippen LogP contribution in [-0.2, 0) is 6.42 Å². The minimum atomic E-state index is -0.0476. The molecule has 3 nitrogen and oxygen atoms in total. The number of nitrogens with one attached hydrogen (secondary N) is 1. The number of thiazole rings is 1. The van der Waals surface area contributed by atoms with Crippen LogP contribution >= 0.6 is 34.5 Å². The molecule has 0 spiro atoms. The Morgan fingerprint density at radius 1 is 1.44 bits per heavy atom. The molecule has 0 amide bonds. The van der Waals surface area contributed by atoms with Gasteiger partial charge in [0, 0.05) is 15.4 Å². The maximum Gasteiger partial charge on any atom is 0.0898 e. The van der Waals surface area contributed by atoms with Crippen LogP contribution in [-0.4, -0.2) is 4.98 Å². The molecule has 0 saturated heterocycles. The minimum absolute atomic E-state index is 0.0476. The number of benzene rings is 1. The van der Waals surface area contributed by atoms with Crippen molar-refractivity contribution < 1.29 is 0 Å². The lowest BCUT2D eigenvalue weighted by molar-refractivity contribution is 0.540. The monoisotopic (exact) mass is 301 g/mol. The molecule has 0 fully saturated rings. The SMILES string of the molecule is Cc1nc(C(Cc2ccc(Cl)cc2Cl)NN)cs1. The minimum Gasteiger partial charge on any atom is -0.271 e. The van der Waals surface area contributed by atoms with E-state index in [4.69, 9.17) is 29.0 Å². The van der Waals surface area contributed by atoms with Gasteiger partial charge >= 0.3 is 0 Å². The van der Waals surface area contributed by atoms with Crippen molar-refractivity contribution in [2.75, 3.05) is 0 Å². The third kappa shape index (κ3) is 3.22. The van der Waals surface area contributed by atoms with Gasteiger partial charge in [0.25, 0.3) is 0 Å². The van der Waals surface area contributed by atoms with Crippen LogP contribution in [0.15, 0.2) is 23.6 Å². The van der Waals surface area contributed by atoms with Gasteiger partial charge in [0.05, 0.1) is 16.7 Å². The van der Waals surface area contributed by atoms with E-state index in [1.54, 1.807) is 17.4 Å². The maximum absolute atomic E-state index is 6.15. The first kappa shape index (κ1) is 13.8. The summed E-state index contributed by atoms with van der Waals surface area (Å²) in [4.78, 5) is 4.43. The highest BCUT2D eigenvalue weighted by atomic mass is 35.5. The Bertz CT molecular complexity index is 542. The van der Waals surface area contributed by atoms with E-state index < -0.39 is 0 Å². The Balaban J connectivity index is 2.20. The van der Waals surface area contributed by atoms with Gasteiger partial charge in [0.2, 0.25) is 0 Å². The fourth-order valence-corrected chi connectivity index (χ4v) is 2.85. The fourth-order valence-electron chi connectivity index (χ4n) is 1.70. The molecule has 0 aliphatic carbocycles. The fraction of sp³-hybridized carbons (Fsp3) is 0.250. The van der Waals surface area contributed by atoms with Crippen molar-refractivity contribution in [1.82, 2.24) is 10.4 Å². The van der Waals surface area contributed by atoms with Crippen LogP contribution in [0.3, 0.4) is 0 Å². The number of aryl methyl sites for hydroxylation is 1. The van der Waals surface area contributed by atoms with Crippen LogP contribution in [0.4, 0.5) is 0 Å². The molecule has 0 saturated carbocycles. The third-order valence-electron chi connectivity index (χ3n) is 2.63. The van der Waals surface area contributed by atoms with Gasteiger partial charge in [-0.15, -0.1) is 11.3 Å². The summed E-state index contributed by atoms with van der Waals surface area (Å²) >= 11 is 13.6. The Labute approximate surface area is 120 Å².